The number of Topliss-reactive ketones (excluding diaryl/α,β-unsaturated/α-hetero) is 1. The number of aliphatic hydroxyl groups is 4. The van der Waals surface area contributed by atoms with Gasteiger partial charge in [-0.15, -0.1) is 0 Å². The fourth-order valence-electron chi connectivity index (χ4n) is 8.16. The van der Waals surface area contributed by atoms with Crippen LogP contribution in [-0.4, -0.2) is 69.5 Å². The summed E-state index contributed by atoms with van der Waals surface area (Å²) in [6.45, 7) is 7.06. The van der Waals surface area contributed by atoms with Gasteiger partial charge in [0.1, 0.15) is 11.5 Å². The number of ketones is 1. The van der Waals surface area contributed by atoms with Crippen molar-refractivity contribution in [3.63, 3.8) is 0 Å². The Kier molecular flexibility index (Phi) is 4.06. The lowest BCUT2D eigenvalue weighted by Gasteiger charge is -2.74. The van der Waals surface area contributed by atoms with Gasteiger partial charge in [0.05, 0.1) is 25.4 Å². The fourth-order valence-corrected chi connectivity index (χ4v) is 8.16. The molecule has 0 aromatic carbocycles. The lowest BCUT2D eigenvalue weighted by molar-refractivity contribution is -0.459. The first kappa shape index (κ1) is 20.6. The van der Waals surface area contributed by atoms with E-state index >= 15 is 0 Å². The van der Waals surface area contributed by atoms with Crippen molar-refractivity contribution >= 4 is 11.8 Å². The second-order valence-corrected chi connectivity index (χ2v) is 10.4. The molecule has 8 heteroatoms. The van der Waals surface area contributed by atoms with Crippen molar-refractivity contribution in [3.05, 3.63) is 12.2 Å². The summed E-state index contributed by atoms with van der Waals surface area (Å²) in [6.07, 6.45) is -1.78. The van der Waals surface area contributed by atoms with Crippen LogP contribution in [0.2, 0.25) is 0 Å². The van der Waals surface area contributed by atoms with Crippen molar-refractivity contribution in [2.75, 3.05) is 13.2 Å². The van der Waals surface area contributed by atoms with E-state index in [0.29, 0.717) is 25.7 Å². The van der Waals surface area contributed by atoms with Gasteiger partial charge in [0.15, 0.2) is 5.78 Å². The van der Waals surface area contributed by atoms with Crippen LogP contribution < -0.4 is 0 Å². The molecule has 0 amide bonds. The molecule has 0 aromatic heterocycles. The van der Waals surface area contributed by atoms with E-state index < -0.39 is 69.9 Å². The number of carbonyl (C=O) groups excluding carboxylic acids is 2. The van der Waals surface area contributed by atoms with Crippen molar-refractivity contribution in [3.8, 4) is 0 Å². The van der Waals surface area contributed by atoms with Crippen molar-refractivity contribution < 1.29 is 39.5 Å². The zero-order valence-electron chi connectivity index (χ0n) is 17.3. The minimum absolute atomic E-state index is 0.0279. The van der Waals surface area contributed by atoms with E-state index in [0.717, 1.165) is 0 Å². The summed E-state index contributed by atoms with van der Waals surface area (Å²) in [5.41, 5.74) is -3.28. The molecule has 6 fully saturated rings. The van der Waals surface area contributed by atoms with Crippen molar-refractivity contribution in [1.82, 2.24) is 0 Å². The van der Waals surface area contributed by atoms with E-state index in [2.05, 4.69) is 6.58 Å². The van der Waals surface area contributed by atoms with Crippen LogP contribution in [0.4, 0.5) is 0 Å². The zero-order chi connectivity index (χ0) is 21.9. The molecule has 8 nitrogen and oxygen atoms in total. The normalized spacial score (nSPS) is 56.5. The first-order valence-corrected chi connectivity index (χ1v) is 10.8. The van der Waals surface area contributed by atoms with Gasteiger partial charge in [-0.25, -0.2) is 0 Å². The topological polar surface area (TPSA) is 134 Å². The molecule has 10 unspecified atom stereocenters. The van der Waals surface area contributed by atoms with Crippen LogP contribution in [0.15, 0.2) is 12.2 Å². The molecule has 4 N–H and O–H groups in total. The van der Waals surface area contributed by atoms with Crippen LogP contribution in [-0.2, 0) is 19.1 Å². The number of aliphatic hydroxyl groups excluding tert-OH is 3. The lowest BCUT2D eigenvalue weighted by atomic mass is 9.35. The van der Waals surface area contributed by atoms with Gasteiger partial charge in [-0.1, -0.05) is 13.5 Å². The largest absolute Gasteiger partial charge is 0.465 e. The molecular weight excluding hydrogens is 392 g/mol. The van der Waals surface area contributed by atoms with Crippen LogP contribution >= 0.6 is 0 Å². The molecule has 2 spiro atoms. The molecule has 4 saturated carbocycles. The molecule has 2 saturated heterocycles. The summed E-state index contributed by atoms with van der Waals surface area (Å²) in [7, 11) is 0. The number of carbonyl (C=O) groups is 2. The molecule has 0 aromatic rings. The zero-order valence-corrected chi connectivity index (χ0v) is 17.3. The van der Waals surface area contributed by atoms with Crippen LogP contribution in [0.1, 0.15) is 39.5 Å². The van der Waals surface area contributed by atoms with Crippen molar-refractivity contribution in [1.29, 1.82) is 0 Å². The average molecular weight is 422 g/mol. The molecule has 10 atom stereocenters. The maximum Gasteiger partial charge on any atom is 0.302 e. The number of esters is 1. The number of hydrogen-bond acceptors (Lipinski definition) is 8. The van der Waals surface area contributed by atoms with Gasteiger partial charge in [-0.2, -0.15) is 0 Å². The Bertz CT molecular complexity index is 841. The molecule has 2 aliphatic heterocycles. The second-order valence-electron chi connectivity index (χ2n) is 10.4. The Labute approximate surface area is 174 Å². The van der Waals surface area contributed by atoms with Gasteiger partial charge in [-0.05, 0) is 37.2 Å². The highest BCUT2D eigenvalue weighted by atomic mass is 16.6. The van der Waals surface area contributed by atoms with E-state index in [1.54, 1.807) is 0 Å². The van der Waals surface area contributed by atoms with E-state index in [1.807, 2.05) is 6.92 Å². The SMILES string of the molecule is C=C1C(=O)C23C(O)C1CCC2C12COC3(O)C(O)C1C(C)(COC(C)=O)CCC2O. The fraction of sp³-hybridized carbons (Fsp3) is 0.818. The standard InChI is InChI=1S/C22H30O8/c1-10-12-4-5-13-20-9-30-22(28,21(13,16(10)25)17(12)26)18(27)15(20)19(3,7-6-14(20)24)8-29-11(2)23/h12-15,17-18,24,26-28H,1,4-9H2,2-3H3. The molecule has 2 heterocycles. The number of ether oxygens (including phenoxy) is 2. The molecule has 6 rings (SSSR count). The number of hydrogen-bond donors (Lipinski definition) is 4. The summed E-state index contributed by atoms with van der Waals surface area (Å²) >= 11 is 0. The highest BCUT2D eigenvalue weighted by molar-refractivity contribution is 6.05. The Balaban J connectivity index is 1.71. The van der Waals surface area contributed by atoms with Crippen molar-refractivity contribution in [2.24, 2.45) is 34.0 Å². The predicted molar refractivity (Wildman–Crippen MR) is 102 cm³/mol. The Morgan fingerprint density at radius 3 is 2.60 bits per heavy atom. The molecule has 0 radical (unpaired) electrons. The third-order valence-corrected chi connectivity index (χ3v) is 9.32. The quantitative estimate of drug-likeness (QED) is 0.359. The first-order chi connectivity index (χ1) is 14.0. The van der Waals surface area contributed by atoms with Gasteiger partial charge in [0.25, 0.3) is 0 Å². The second kappa shape index (κ2) is 5.92. The molecule has 166 valence electrons. The monoisotopic (exact) mass is 422 g/mol. The maximum absolute atomic E-state index is 13.5. The summed E-state index contributed by atoms with van der Waals surface area (Å²) < 4.78 is 11.1. The summed E-state index contributed by atoms with van der Waals surface area (Å²) in [4.78, 5) is 25.0. The summed E-state index contributed by atoms with van der Waals surface area (Å²) in [6, 6.07) is 0. The van der Waals surface area contributed by atoms with Crippen LogP contribution in [0.3, 0.4) is 0 Å². The van der Waals surface area contributed by atoms with Gasteiger partial charge in [0.2, 0.25) is 5.79 Å². The lowest BCUT2D eigenvalue weighted by Crippen LogP contribution is -2.86. The molecule has 6 aliphatic rings. The third kappa shape index (κ3) is 1.92. The first-order valence-electron chi connectivity index (χ1n) is 10.8. The van der Waals surface area contributed by atoms with Crippen LogP contribution in [0.5, 0.6) is 0 Å². The van der Waals surface area contributed by atoms with Crippen LogP contribution in [0, 0.1) is 34.0 Å². The van der Waals surface area contributed by atoms with Gasteiger partial charge >= 0.3 is 5.97 Å². The van der Waals surface area contributed by atoms with Gasteiger partial charge < -0.3 is 29.9 Å². The minimum atomic E-state index is -2.30. The molecular formula is C22H30O8. The van der Waals surface area contributed by atoms with Gasteiger partial charge in [0, 0.05) is 29.6 Å². The van der Waals surface area contributed by atoms with E-state index in [-0.39, 0.29) is 18.8 Å². The molecule has 30 heavy (non-hydrogen) atoms. The average Bonchev–Trinajstić information content (AvgIpc) is 2.80. The summed E-state index contributed by atoms with van der Waals surface area (Å²) in [5, 5.41) is 45.8. The Hall–Kier alpha value is -1.32. The number of fused-ring (bicyclic) bond motifs is 2. The highest BCUT2D eigenvalue weighted by Crippen LogP contribution is 2.76. The predicted octanol–water partition coefficient (Wildman–Crippen LogP) is -0.0812. The van der Waals surface area contributed by atoms with E-state index in [4.69, 9.17) is 9.47 Å². The van der Waals surface area contributed by atoms with Crippen molar-refractivity contribution in [2.45, 2.75) is 63.6 Å². The third-order valence-electron chi connectivity index (χ3n) is 9.32. The Morgan fingerprint density at radius 2 is 1.93 bits per heavy atom. The van der Waals surface area contributed by atoms with Gasteiger partial charge in [-0.3, -0.25) is 9.59 Å². The smallest absolute Gasteiger partial charge is 0.302 e. The maximum atomic E-state index is 13.5. The molecule has 4 aliphatic carbocycles. The highest BCUT2D eigenvalue weighted by Gasteiger charge is 2.87. The molecule has 4 bridgehead atoms. The number of rotatable bonds is 2. The van der Waals surface area contributed by atoms with Crippen LogP contribution in [0.25, 0.3) is 0 Å². The van der Waals surface area contributed by atoms with E-state index in [1.165, 1.54) is 6.92 Å². The Morgan fingerprint density at radius 1 is 1.23 bits per heavy atom. The minimum Gasteiger partial charge on any atom is -0.465 e. The summed E-state index contributed by atoms with van der Waals surface area (Å²) in [5.74, 6) is -4.96. The van der Waals surface area contributed by atoms with E-state index in [9.17, 15) is 30.0 Å².